The Morgan fingerprint density at radius 3 is 2.55 bits per heavy atom. The summed E-state index contributed by atoms with van der Waals surface area (Å²) < 4.78 is 6.74. The third-order valence-electron chi connectivity index (χ3n) is 3.31. The maximum Gasteiger partial charge on any atom is 0.266 e. The Balaban J connectivity index is 2.30. The molecule has 0 N–H and O–H groups in total. The monoisotopic (exact) mass is 332 g/mol. The average molecular weight is 333 g/mol. The zero-order valence-corrected chi connectivity index (χ0v) is 13.6. The van der Waals surface area contributed by atoms with Gasteiger partial charge >= 0.3 is 0 Å². The van der Waals surface area contributed by atoms with E-state index in [2.05, 4.69) is 4.98 Å². The van der Waals surface area contributed by atoms with E-state index in [1.165, 1.54) is 11.8 Å². The number of methoxy groups -OCH3 is 1. The van der Waals surface area contributed by atoms with Crippen molar-refractivity contribution in [2.45, 2.75) is 5.16 Å². The minimum atomic E-state index is -0.137. The van der Waals surface area contributed by atoms with Crippen LogP contribution in [-0.4, -0.2) is 22.9 Å². The number of benzene rings is 2. The van der Waals surface area contributed by atoms with Gasteiger partial charge in [-0.15, -0.1) is 0 Å². The molecule has 2 aromatic carbocycles. The van der Waals surface area contributed by atoms with Gasteiger partial charge in [0.15, 0.2) is 5.16 Å². The fraction of sp³-hybridized carbons (Fsp3) is 0.125. The van der Waals surface area contributed by atoms with Crippen molar-refractivity contribution in [3.8, 4) is 11.4 Å². The van der Waals surface area contributed by atoms with Gasteiger partial charge in [0, 0.05) is 5.02 Å². The van der Waals surface area contributed by atoms with Crippen LogP contribution in [0.15, 0.2) is 52.4 Å². The molecule has 0 spiro atoms. The Morgan fingerprint density at radius 1 is 1.18 bits per heavy atom. The molecular formula is C16H13ClN2O2S. The second-order valence-electron chi connectivity index (χ2n) is 4.60. The molecule has 112 valence electrons. The Bertz CT molecular complexity index is 891. The van der Waals surface area contributed by atoms with Crippen LogP contribution < -0.4 is 10.3 Å². The highest BCUT2D eigenvalue weighted by molar-refractivity contribution is 7.98. The first-order valence-corrected chi connectivity index (χ1v) is 8.15. The molecule has 1 heterocycles. The topological polar surface area (TPSA) is 44.1 Å². The Kier molecular flexibility index (Phi) is 4.09. The molecule has 0 fully saturated rings. The van der Waals surface area contributed by atoms with Crippen molar-refractivity contribution < 1.29 is 4.74 Å². The third-order valence-corrected chi connectivity index (χ3v) is 4.19. The summed E-state index contributed by atoms with van der Waals surface area (Å²) in [6, 6.07) is 12.4. The predicted molar refractivity (Wildman–Crippen MR) is 90.7 cm³/mol. The SMILES string of the molecule is COc1ccc(-n2c(SC)nc3ccc(Cl)cc3c2=O)cc1. The summed E-state index contributed by atoms with van der Waals surface area (Å²) in [4.78, 5) is 17.4. The molecule has 0 atom stereocenters. The van der Waals surface area contributed by atoms with Crippen molar-refractivity contribution in [3.63, 3.8) is 0 Å². The summed E-state index contributed by atoms with van der Waals surface area (Å²) in [7, 11) is 1.61. The molecule has 0 saturated heterocycles. The number of rotatable bonds is 3. The molecule has 6 heteroatoms. The largest absolute Gasteiger partial charge is 0.497 e. The van der Waals surface area contributed by atoms with Crippen molar-refractivity contribution in [3.05, 3.63) is 57.8 Å². The predicted octanol–water partition coefficient (Wildman–Crippen LogP) is 3.77. The summed E-state index contributed by atoms with van der Waals surface area (Å²) in [5.74, 6) is 0.735. The van der Waals surface area contributed by atoms with Crippen LogP contribution in [0.5, 0.6) is 5.75 Å². The number of halogens is 1. The van der Waals surface area contributed by atoms with Crippen molar-refractivity contribution in [1.82, 2.24) is 9.55 Å². The van der Waals surface area contributed by atoms with Crippen molar-refractivity contribution >= 4 is 34.3 Å². The van der Waals surface area contributed by atoms with Gasteiger partial charge in [0.05, 0.1) is 23.7 Å². The van der Waals surface area contributed by atoms with Crippen LogP contribution in [0.3, 0.4) is 0 Å². The molecule has 22 heavy (non-hydrogen) atoms. The van der Waals surface area contributed by atoms with Crippen LogP contribution in [0.2, 0.25) is 5.02 Å². The number of fused-ring (bicyclic) bond motifs is 1. The van der Waals surface area contributed by atoms with Crippen molar-refractivity contribution in [1.29, 1.82) is 0 Å². The fourth-order valence-electron chi connectivity index (χ4n) is 2.23. The maximum absolute atomic E-state index is 12.8. The molecule has 0 radical (unpaired) electrons. The fourth-order valence-corrected chi connectivity index (χ4v) is 2.97. The molecule has 0 amide bonds. The number of hydrogen-bond donors (Lipinski definition) is 0. The van der Waals surface area contributed by atoms with Gasteiger partial charge < -0.3 is 4.74 Å². The number of thioether (sulfide) groups is 1. The summed E-state index contributed by atoms with van der Waals surface area (Å²) in [6.07, 6.45) is 1.89. The van der Waals surface area contributed by atoms with Crippen LogP contribution >= 0.6 is 23.4 Å². The van der Waals surface area contributed by atoms with E-state index in [1.54, 1.807) is 29.9 Å². The van der Waals surface area contributed by atoms with Gasteiger partial charge in [-0.2, -0.15) is 0 Å². The van der Waals surface area contributed by atoms with E-state index < -0.39 is 0 Å². The molecule has 0 saturated carbocycles. The van der Waals surface area contributed by atoms with E-state index in [4.69, 9.17) is 16.3 Å². The van der Waals surface area contributed by atoms with Gasteiger partial charge in [0.25, 0.3) is 5.56 Å². The van der Waals surface area contributed by atoms with Crippen LogP contribution in [0.25, 0.3) is 16.6 Å². The highest BCUT2D eigenvalue weighted by atomic mass is 35.5. The first-order chi connectivity index (χ1) is 10.6. The first-order valence-electron chi connectivity index (χ1n) is 6.55. The minimum Gasteiger partial charge on any atom is -0.497 e. The van der Waals surface area contributed by atoms with E-state index in [9.17, 15) is 4.79 Å². The molecule has 0 unspecified atom stereocenters. The summed E-state index contributed by atoms with van der Waals surface area (Å²) in [5.41, 5.74) is 1.25. The number of nitrogens with zero attached hydrogens (tertiary/aromatic N) is 2. The first kappa shape index (κ1) is 14.9. The second-order valence-corrected chi connectivity index (χ2v) is 5.81. The van der Waals surface area contributed by atoms with E-state index in [1.807, 2.05) is 30.5 Å². The van der Waals surface area contributed by atoms with Gasteiger partial charge in [0.2, 0.25) is 0 Å². The normalized spacial score (nSPS) is 10.9. The lowest BCUT2D eigenvalue weighted by molar-refractivity contribution is 0.414. The quantitative estimate of drug-likeness (QED) is 0.541. The van der Waals surface area contributed by atoms with Gasteiger partial charge in [-0.05, 0) is 48.7 Å². The molecule has 0 aliphatic rings. The number of ether oxygens (including phenoxy) is 1. The lowest BCUT2D eigenvalue weighted by Gasteiger charge is -2.12. The summed E-state index contributed by atoms with van der Waals surface area (Å²) >= 11 is 7.43. The minimum absolute atomic E-state index is 0.137. The van der Waals surface area contributed by atoms with Crippen LogP contribution in [0.1, 0.15) is 0 Å². The molecule has 4 nitrogen and oxygen atoms in total. The molecule has 0 bridgehead atoms. The Morgan fingerprint density at radius 2 is 1.91 bits per heavy atom. The molecule has 0 aliphatic carbocycles. The number of hydrogen-bond acceptors (Lipinski definition) is 4. The van der Waals surface area contributed by atoms with Crippen LogP contribution in [0, 0.1) is 0 Å². The Labute approximate surface area is 136 Å². The molecule has 0 aliphatic heterocycles. The lowest BCUT2D eigenvalue weighted by atomic mass is 10.2. The summed E-state index contributed by atoms with van der Waals surface area (Å²) in [5, 5.41) is 1.65. The van der Waals surface area contributed by atoms with Crippen molar-refractivity contribution in [2.24, 2.45) is 0 Å². The maximum atomic E-state index is 12.8. The molecule has 3 rings (SSSR count). The van der Waals surface area contributed by atoms with Crippen LogP contribution in [0.4, 0.5) is 0 Å². The molecular weight excluding hydrogens is 320 g/mol. The Hall–Kier alpha value is -1.98. The van der Waals surface area contributed by atoms with E-state index in [0.717, 1.165) is 11.4 Å². The van der Waals surface area contributed by atoms with Crippen LogP contribution in [-0.2, 0) is 0 Å². The zero-order valence-electron chi connectivity index (χ0n) is 12.0. The lowest BCUT2D eigenvalue weighted by Crippen LogP contribution is -2.21. The van der Waals surface area contributed by atoms with E-state index in [0.29, 0.717) is 21.1 Å². The van der Waals surface area contributed by atoms with E-state index >= 15 is 0 Å². The van der Waals surface area contributed by atoms with Gasteiger partial charge in [-0.3, -0.25) is 9.36 Å². The van der Waals surface area contributed by atoms with E-state index in [-0.39, 0.29) is 5.56 Å². The van der Waals surface area contributed by atoms with Crippen molar-refractivity contribution in [2.75, 3.05) is 13.4 Å². The second kappa shape index (κ2) is 6.02. The third kappa shape index (κ3) is 2.58. The van der Waals surface area contributed by atoms with Gasteiger partial charge in [-0.1, -0.05) is 23.4 Å². The number of aromatic nitrogens is 2. The molecule has 3 aromatic rings. The van der Waals surface area contributed by atoms with Gasteiger partial charge in [-0.25, -0.2) is 4.98 Å². The zero-order chi connectivity index (χ0) is 15.7. The smallest absolute Gasteiger partial charge is 0.266 e. The summed E-state index contributed by atoms with van der Waals surface area (Å²) in [6.45, 7) is 0. The highest BCUT2D eigenvalue weighted by Crippen LogP contribution is 2.22. The molecule has 1 aromatic heterocycles. The standard InChI is InChI=1S/C16H13ClN2O2S/c1-21-12-6-4-11(5-7-12)19-15(20)13-9-10(17)3-8-14(13)18-16(19)22-2/h3-9H,1-2H3. The average Bonchev–Trinajstić information content (AvgIpc) is 2.55. The van der Waals surface area contributed by atoms with Gasteiger partial charge in [0.1, 0.15) is 5.75 Å². The highest BCUT2D eigenvalue weighted by Gasteiger charge is 2.12.